The lowest BCUT2D eigenvalue weighted by Gasteiger charge is -2.17. The molecule has 2 aromatic rings. The molecule has 0 aliphatic carbocycles. The van der Waals surface area contributed by atoms with Gasteiger partial charge in [0.25, 0.3) is 11.8 Å². The van der Waals surface area contributed by atoms with Gasteiger partial charge in [0, 0.05) is 17.7 Å². The molecule has 0 spiro atoms. The van der Waals surface area contributed by atoms with Gasteiger partial charge in [-0.15, -0.1) is 0 Å². The lowest BCUT2D eigenvalue weighted by molar-refractivity contribution is 0.0927. The highest BCUT2D eigenvalue weighted by atomic mass is 16.7. The number of hydrogen-bond donors (Lipinski definition) is 1. The maximum atomic E-state index is 13.0. The molecule has 1 aromatic carbocycles. The normalized spacial score (nSPS) is 13.3. The zero-order valence-electron chi connectivity index (χ0n) is 16.1. The molecular formula is C21H24N2O4. The molecule has 142 valence electrons. The largest absolute Gasteiger partial charge is 0.451 e. The number of hydrogen-bond acceptors (Lipinski definition) is 5. The molecular weight excluding hydrogens is 344 g/mol. The first-order valence-electron chi connectivity index (χ1n) is 9.20. The van der Waals surface area contributed by atoms with E-state index < -0.39 is 0 Å². The van der Waals surface area contributed by atoms with Gasteiger partial charge < -0.3 is 14.8 Å². The second-order valence-electron chi connectivity index (χ2n) is 6.68. The molecule has 6 nitrogen and oxygen atoms in total. The summed E-state index contributed by atoms with van der Waals surface area (Å²) in [5.74, 6) is 0.236. The van der Waals surface area contributed by atoms with Crippen LogP contribution < -0.4 is 14.8 Å². The number of pyridine rings is 1. The van der Waals surface area contributed by atoms with E-state index in [9.17, 15) is 9.59 Å². The minimum atomic E-state index is -0.344. The van der Waals surface area contributed by atoms with E-state index in [4.69, 9.17) is 9.47 Å². The predicted octanol–water partition coefficient (Wildman–Crippen LogP) is 4.16. The first kappa shape index (κ1) is 18.9. The third kappa shape index (κ3) is 3.52. The molecule has 2 heterocycles. The number of anilines is 1. The van der Waals surface area contributed by atoms with Crippen LogP contribution in [-0.2, 0) is 6.42 Å². The van der Waals surface area contributed by atoms with Crippen LogP contribution in [0.4, 0.5) is 5.69 Å². The molecule has 3 rings (SSSR count). The van der Waals surface area contributed by atoms with Crippen LogP contribution in [0.1, 0.15) is 59.0 Å². The number of rotatable bonds is 6. The van der Waals surface area contributed by atoms with Crippen molar-refractivity contribution in [1.82, 2.24) is 4.98 Å². The molecule has 0 radical (unpaired) electrons. The van der Waals surface area contributed by atoms with E-state index in [-0.39, 0.29) is 24.4 Å². The third-order valence-electron chi connectivity index (χ3n) is 4.90. The maximum absolute atomic E-state index is 13.0. The molecule has 0 saturated heterocycles. The lowest BCUT2D eigenvalue weighted by atomic mass is 9.91. The topological polar surface area (TPSA) is 77.5 Å². The molecule has 1 atom stereocenters. The summed E-state index contributed by atoms with van der Waals surface area (Å²) in [7, 11) is 0. The van der Waals surface area contributed by atoms with E-state index in [1.807, 2.05) is 32.9 Å². The fourth-order valence-corrected chi connectivity index (χ4v) is 3.13. The number of ketones is 1. The summed E-state index contributed by atoms with van der Waals surface area (Å²) >= 11 is 0. The van der Waals surface area contributed by atoms with E-state index in [2.05, 4.69) is 10.3 Å². The lowest BCUT2D eigenvalue weighted by Crippen LogP contribution is -2.20. The Balaban J connectivity index is 2.01. The van der Waals surface area contributed by atoms with Gasteiger partial charge in [-0.25, -0.2) is 4.98 Å². The summed E-state index contributed by atoms with van der Waals surface area (Å²) < 4.78 is 10.7. The minimum Gasteiger partial charge on any atom is -0.451 e. The maximum Gasteiger partial charge on any atom is 0.260 e. The van der Waals surface area contributed by atoms with Crippen molar-refractivity contribution in [3.8, 4) is 11.6 Å². The zero-order chi connectivity index (χ0) is 19.6. The van der Waals surface area contributed by atoms with Crippen LogP contribution in [0.5, 0.6) is 11.6 Å². The monoisotopic (exact) mass is 368 g/mol. The van der Waals surface area contributed by atoms with Crippen molar-refractivity contribution < 1.29 is 19.1 Å². The Morgan fingerprint density at radius 3 is 2.70 bits per heavy atom. The van der Waals surface area contributed by atoms with Gasteiger partial charge >= 0.3 is 0 Å². The number of carbonyl (C=O) groups is 2. The number of nitrogens with zero attached hydrogens (tertiary/aromatic N) is 1. The number of fused-ring (bicyclic) bond motifs is 1. The fraction of sp³-hybridized carbons (Fsp3) is 0.381. The zero-order valence-corrected chi connectivity index (χ0v) is 16.1. The highest BCUT2D eigenvalue weighted by molar-refractivity contribution is 6.12. The van der Waals surface area contributed by atoms with Crippen LogP contribution in [0.25, 0.3) is 0 Å². The van der Waals surface area contributed by atoms with Gasteiger partial charge in [0.15, 0.2) is 11.5 Å². The number of nitrogens with one attached hydrogen (secondary N) is 1. The van der Waals surface area contributed by atoms with Gasteiger partial charge in [-0.05, 0) is 37.0 Å². The van der Waals surface area contributed by atoms with Gasteiger partial charge in [0.1, 0.15) is 0 Å². The summed E-state index contributed by atoms with van der Waals surface area (Å²) in [4.78, 5) is 30.1. The van der Waals surface area contributed by atoms with Crippen LogP contribution in [0.15, 0.2) is 24.4 Å². The van der Waals surface area contributed by atoms with E-state index in [0.717, 1.165) is 12.0 Å². The van der Waals surface area contributed by atoms with Crippen LogP contribution in [-0.4, -0.2) is 23.5 Å². The van der Waals surface area contributed by atoms with E-state index >= 15 is 0 Å². The number of amides is 1. The number of aromatic nitrogens is 1. The van der Waals surface area contributed by atoms with Crippen molar-refractivity contribution >= 4 is 17.4 Å². The van der Waals surface area contributed by atoms with E-state index in [1.165, 1.54) is 0 Å². The predicted molar refractivity (Wildman–Crippen MR) is 103 cm³/mol. The smallest absolute Gasteiger partial charge is 0.260 e. The summed E-state index contributed by atoms with van der Waals surface area (Å²) in [6.07, 6.45) is 3.03. The van der Waals surface area contributed by atoms with Crippen LogP contribution in [0, 0.1) is 12.8 Å². The van der Waals surface area contributed by atoms with Crippen LogP contribution in [0.3, 0.4) is 0 Å². The number of aryl methyl sites for hydroxylation is 2. The Labute approximate surface area is 158 Å². The molecule has 1 aliphatic heterocycles. The summed E-state index contributed by atoms with van der Waals surface area (Å²) in [5, 5.41) is 2.91. The molecule has 0 bridgehead atoms. The van der Waals surface area contributed by atoms with Crippen molar-refractivity contribution in [3.63, 3.8) is 0 Å². The SMILES string of the molecule is CCc1cccc(NC(=O)c2c(C)cnc3c2OCO3)c1C(=O)C(C)CC. The number of benzene rings is 1. The summed E-state index contributed by atoms with van der Waals surface area (Å²) in [6.45, 7) is 7.72. The standard InChI is InChI=1S/C21H24N2O4/c1-5-12(3)18(24)17-14(6-2)8-7-9-15(17)23-20(25)16-13(4)10-22-21-19(16)26-11-27-21/h7-10,12H,5-6,11H2,1-4H3,(H,23,25). The van der Waals surface area contributed by atoms with Gasteiger partial charge in [0.05, 0.1) is 11.3 Å². The molecule has 0 saturated carbocycles. The van der Waals surface area contributed by atoms with E-state index in [0.29, 0.717) is 40.4 Å². The fourth-order valence-electron chi connectivity index (χ4n) is 3.13. The second kappa shape index (κ2) is 7.78. The molecule has 1 amide bonds. The number of ether oxygens (including phenoxy) is 2. The number of carbonyl (C=O) groups excluding carboxylic acids is 2. The molecule has 1 N–H and O–H groups in total. The quantitative estimate of drug-likeness (QED) is 0.775. The van der Waals surface area contributed by atoms with Gasteiger partial charge in [0.2, 0.25) is 6.79 Å². The van der Waals surface area contributed by atoms with Gasteiger partial charge in [-0.3, -0.25) is 9.59 Å². The highest BCUT2D eigenvalue weighted by Gasteiger charge is 2.27. The summed E-state index contributed by atoms with van der Waals surface area (Å²) in [6, 6.07) is 5.55. The van der Waals surface area contributed by atoms with Crippen molar-refractivity contribution in [2.45, 2.75) is 40.5 Å². The Morgan fingerprint density at radius 1 is 1.22 bits per heavy atom. The first-order chi connectivity index (χ1) is 13.0. The Bertz CT molecular complexity index is 892. The van der Waals surface area contributed by atoms with Gasteiger partial charge in [-0.2, -0.15) is 0 Å². The molecule has 1 aromatic heterocycles. The Hall–Kier alpha value is -2.89. The average Bonchev–Trinajstić information content (AvgIpc) is 3.14. The van der Waals surface area contributed by atoms with Crippen LogP contribution >= 0.6 is 0 Å². The van der Waals surface area contributed by atoms with Crippen molar-refractivity contribution in [1.29, 1.82) is 0 Å². The minimum absolute atomic E-state index is 0.0368. The van der Waals surface area contributed by atoms with Crippen LogP contribution in [0.2, 0.25) is 0 Å². The molecule has 1 aliphatic rings. The number of Topliss-reactive ketones (excluding diaryl/α,β-unsaturated/α-hetero) is 1. The highest BCUT2D eigenvalue weighted by Crippen LogP contribution is 2.36. The van der Waals surface area contributed by atoms with Crippen molar-refractivity contribution in [2.75, 3.05) is 12.1 Å². The Morgan fingerprint density at radius 2 is 2.00 bits per heavy atom. The average molecular weight is 368 g/mol. The van der Waals surface area contributed by atoms with Crippen molar-refractivity contribution in [3.05, 3.63) is 46.6 Å². The molecule has 1 unspecified atom stereocenters. The molecule has 0 fully saturated rings. The van der Waals surface area contributed by atoms with E-state index in [1.54, 1.807) is 19.2 Å². The first-order valence-corrected chi connectivity index (χ1v) is 9.20. The summed E-state index contributed by atoms with van der Waals surface area (Å²) in [5.41, 5.74) is 3.09. The second-order valence-corrected chi connectivity index (χ2v) is 6.68. The Kier molecular flexibility index (Phi) is 5.44. The molecule has 27 heavy (non-hydrogen) atoms. The molecule has 6 heteroatoms. The van der Waals surface area contributed by atoms with Crippen molar-refractivity contribution in [2.24, 2.45) is 5.92 Å². The third-order valence-corrected chi connectivity index (χ3v) is 4.90. The van der Waals surface area contributed by atoms with Gasteiger partial charge in [-0.1, -0.05) is 32.9 Å².